The van der Waals surface area contributed by atoms with E-state index in [0.29, 0.717) is 11.6 Å². The summed E-state index contributed by atoms with van der Waals surface area (Å²) >= 11 is 5.89. The monoisotopic (exact) mass is 319 g/mol. The summed E-state index contributed by atoms with van der Waals surface area (Å²) in [6.45, 7) is 2.25. The third-order valence-corrected chi connectivity index (χ3v) is 3.43. The number of nitrogens with one attached hydrogen (secondary N) is 2. The first-order valence-corrected chi connectivity index (χ1v) is 7.20. The summed E-state index contributed by atoms with van der Waals surface area (Å²) in [5, 5.41) is 6.35. The molecule has 0 spiro atoms. The molecule has 0 aliphatic heterocycles. The molecule has 1 heterocycles. The van der Waals surface area contributed by atoms with E-state index in [1.807, 2.05) is 19.1 Å². The molecule has 2 amide bonds. The van der Waals surface area contributed by atoms with Gasteiger partial charge in [0.1, 0.15) is 0 Å². The van der Waals surface area contributed by atoms with E-state index >= 15 is 0 Å². The minimum atomic E-state index is -0.300. The molecule has 2 aromatic rings. The van der Waals surface area contributed by atoms with Gasteiger partial charge in [-0.15, -0.1) is 0 Å². The van der Waals surface area contributed by atoms with Gasteiger partial charge < -0.3 is 15.4 Å². The predicted octanol–water partition coefficient (Wildman–Crippen LogP) is 3.55. The van der Waals surface area contributed by atoms with Crippen LogP contribution in [0.3, 0.4) is 0 Å². The molecule has 2 rings (SSSR count). The van der Waals surface area contributed by atoms with Crippen molar-refractivity contribution in [2.24, 2.45) is 0 Å². The molecule has 0 unspecified atom stereocenters. The minimum absolute atomic E-state index is 0.260. The Hall–Kier alpha value is -2.11. The fourth-order valence-electron chi connectivity index (χ4n) is 2.01. The summed E-state index contributed by atoms with van der Waals surface area (Å²) in [7, 11) is 1.59. The van der Waals surface area contributed by atoms with Gasteiger partial charge in [-0.25, -0.2) is 4.79 Å². The summed E-state index contributed by atoms with van der Waals surface area (Å²) in [5.41, 5.74) is 2.54. The van der Waals surface area contributed by atoms with Crippen molar-refractivity contribution in [1.82, 2.24) is 10.3 Å². The SMILES string of the molecule is COC[C@@H](NC(=O)Nc1ccncc1C)c1ccc(Cl)cc1. The van der Waals surface area contributed by atoms with E-state index in [1.165, 1.54) is 0 Å². The first-order chi connectivity index (χ1) is 10.6. The van der Waals surface area contributed by atoms with Crippen molar-refractivity contribution >= 4 is 23.3 Å². The number of amides is 2. The van der Waals surface area contributed by atoms with Crippen LogP contribution in [0.15, 0.2) is 42.7 Å². The lowest BCUT2D eigenvalue weighted by Crippen LogP contribution is -2.35. The van der Waals surface area contributed by atoms with Gasteiger partial charge in [0, 0.05) is 30.2 Å². The summed E-state index contributed by atoms with van der Waals surface area (Å²) in [4.78, 5) is 16.2. The molecule has 0 saturated heterocycles. The Kier molecular flexibility index (Phi) is 5.75. The van der Waals surface area contributed by atoms with E-state index < -0.39 is 0 Å². The number of benzene rings is 1. The zero-order chi connectivity index (χ0) is 15.9. The number of rotatable bonds is 5. The molecule has 116 valence electrons. The average molecular weight is 320 g/mol. The maximum absolute atomic E-state index is 12.2. The number of hydrogen-bond donors (Lipinski definition) is 2. The van der Waals surface area contributed by atoms with Gasteiger partial charge in [0.2, 0.25) is 0 Å². The highest BCUT2D eigenvalue weighted by molar-refractivity contribution is 6.30. The Morgan fingerprint density at radius 1 is 1.32 bits per heavy atom. The number of halogens is 1. The van der Waals surface area contributed by atoms with Crippen molar-refractivity contribution in [3.05, 3.63) is 58.9 Å². The first-order valence-electron chi connectivity index (χ1n) is 6.82. The normalized spacial score (nSPS) is 11.8. The van der Waals surface area contributed by atoms with Crippen molar-refractivity contribution in [1.29, 1.82) is 0 Å². The second kappa shape index (κ2) is 7.77. The molecule has 0 aliphatic rings. The number of nitrogens with zero attached hydrogens (tertiary/aromatic N) is 1. The van der Waals surface area contributed by atoms with Crippen LogP contribution in [0.4, 0.5) is 10.5 Å². The lowest BCUT2D eigenvalue weighted by atomic mass is 10.1. The maximum Gasteiger partial charge on any atom is 0.319 e. The van der Waals surface area contributed by atoms with E-state index in [-0.39, 0.29) is 12.1 Å². The molecule has 1 atom stereocenters. The van der Waals surface area contributed by atoms with E-state index in [1.54, 1.807) is 37.7 Å². The smallest absolute Gasteiger partial charge is 0.319 e. The molecule has 0 radical (unpaired) electrons. The molecular weight excluding hydrogens is 302 g/mol. The molecule has 0 aliphatic carbocycles. The largest absolute Gasteiger partial charge is 0.382 e. The quantitative estimate of drug-likeness (QED) is 0.885. The predicted molar refractivity (Wildman–Crippen MR) is 87.2 cm³/mol. The van der Waals surface area contributed by atoms with Crippen molar-refractivity contribution < 1.29 is 9.53 Å². The lowest BCUT2D eigenvalue weighted by molar-refractivity contribution is 0.168. The van der Waals surface area contributed by atoms with Gasteiger partial charge in [0.05, 0.1) is 12.6 Å². The topological polar surface area (TPSA) is 63.2 Å². The Labute approximate surface area is 134 Å². The van der Waals surface area contributed by atoms with Crippen LogP contribution >= 0.6 is 11.6 Å². The molecule has 1 aromatic heterocycles. The zero-order valence-electron chi connectivity index (χ0n) is 12.5. The van der Waals surface area contributed by atoms with Crippen LogP contribution in [0, 0.1) is 6.92 Å². The molecule has 2 N–H and O–H groups in total. The molecule has 0 saturated carbocycles. The lowest BCUT2D eigenvalue weighted by Gasteiger charge is -2.19. The van der Waals surface area contributed by atoms with E-state index in [9.17, 15) is 4.79 Å². The van der Waals surface area contributed by atoms with E-state index in [4.69, 9.17) is 16.3 Å². The Morgan fingerprint density at radius 2 is 2.05 bits per heavy atom. The third-order valence-electron chi connectivity index (χ3n) is 3.18. The van der Waals surface area contributed by atoms with Crippen LogP contribution in [0.25, 0.3) is 0 Å². The van der Waals surface area contributed by atoms with Crippen molar-refractivity contribution in [2.45, 2.75) is 13.0 Å². The maximum atomic E-state index is 12.2. The van der Waals surface area contributed by atoms with Crippen LogP contribution in [-0.4, -0.2) is 24.7 Å². The van der Waals surface area contributed by atoms with Gasteiger partial charge in [-0.2, -0.15) is 0 Å². The second-order valence-electron chi connectivity index (χ2n) is 4.85. The van der Waals surface area contributed by atoms with Crippen LogP contribution < -0.4 is 10.6 Å². The number of aryl methyl sites for hydroxylation is 1. The number of hydrogen-bond acceptors (Lipinski definition) is 3. The molecular formula is C16H18ClN3O2. The third kappa shape index (κ3) is 4.44. The van der Waals surface area contributed by atoms with Gasteiger partial charge >= 0.3 is 6.03 Å². The Morgan fingerprint density at radius 3 is 2.68 bits per heavy atom. The summed E-state index contributed by atoms with van der Waals surface area (Å²) in [6, 6.07) is 8.49. The highest BCUT2D eigenvalue weighted by Crippen LogP contribution is 2.18. The number of anilines is 1. The highest BCUT2D eigenvalue weighted by atomic mass is 35.5. The summed E-state index contributed by atoms with van der Waals surface area (Å²) in [5.74, 6) is 0. The Bertz CT molecular complexity index is 632. The zero-order valence-corrected chi connectivity index (χ0v) is 13.2. The number of methoxy groups -OCH3 is 1. The Balaban J connectivity index is 2.06. The highest BCUT2D eigenvalue weighted by Gasteiger charge is 2.15. The van der Waals surface area contributed by atoms with Crippen molar-refractivity contribution in [3.8, 4) is 0 Å². The molecule has 0 fully saturated rings. The van der Waals surface area contributed by atoms with Gasteiger partial charge in [0.25, 0.3) is 0 Å². The number of aromatic nitrogens is 1. The number of ether oxygens (including phenoxy) is 1. The second-order valence-corrected chi connectivity index (χ2v) is 5.28. The van der Waals surface area contributed by atoms with Crippen LogP contribution in [0.1, 0.15) is 17.2 Å². The standard InChI is InChI=1S/C16H18ClN3O2/c1-11-9-18-8-7-14(11)19-16(21)20-15(10-22-2)12-3-5-13(17)6-4-12/h3-9,15H,10H2,1-2H3,(H2,18,19,20,21)/t15-/m1/s1. The number of carbonyl (C=O) groups is 1. The fourth-order valence-corrected chi connectivity index (χ4v) is 2.14. The number of pyridine rings is 1. The minimum Gasteiger partial charge on any atom is -0.382 e. The van der Waals surface area contributed by atoms with Crippen LogP contribution in [-0.2, 0) is 4.74 Å². The summed E-state index contributed by atoms with van der Waals surface area (Å²) < 4.78 is 5.18. The summed E-state index contributed by atoms with van der Waals surface area (Å²) in [6.07, 6.45) is 3.33. The van der Waals surface area contributed by atoms with Crippen molar-refractivity contribution in [2.75, 3.05) is 19.0 Å². The van der Waals surface area contributed by atoms with Gasteiger partial charge in [-0.3, -0.25) is 4.98 Å². The van der Waals surface area contributed by atoms with Gasteiger partial charge in [0.15, 0.2) is 0 Å². The first kappa shape index (κ1) is 16.3. The molecule has 0 bridgehead atoms. The van der Waals surface area contributed by atoms with E-state index in [2.05, 4.69) is 15.6 Å². The number of urea groups is 1. The van der Waals surface area contributed by atoms with Crippen LogP contribution in [0.2, 0.25) is 5.02 Å². The molecule has 5 nitrogen and oxygen atoms in total. The molecule has 22 heavy (non-hydrogen) atoms. The molecule has 6 heteroatoms. The fraction of sp³-hybridized carbons (Fsp3) is 0.250. The van der Waals surface area contributed by atoms with Crippen LogP contribution in [0.5, 0.6) is 0 Å². The molecule has 1 aromatic carbocycles. The van der Waals surface area contributed by atoms with Crippen molar-refractivity contribution in [3.63, 3.8) is 0 Å². The average Bonchev–Trinajstić information content (AvgIpc) is 2.50. The van der Waals surface area contributed by atoms with Gasteiger partial charge in [-0.1, -0.05) is 23.7 Å². The van der Waals surface area contributed by atoms with Gasteiger partial charge in [-0.05, 0) is 36.2 Å². The van der Waals surface area contributed by atoms with E-state index in [0.717, 1.165) is 16.8 Å². The number of carbonyl (C=O) groups excluding carboxylic acids is 1.